The lowest BCUT2D eigenvalue weighted by atomic mass is 9.33. The summed E-state index contributed by atoms with van der Waals surface area (Å²) in [6.07, 6.45) is 10.9. The van der Waals surface area contributed by atoms with E-state index in [0.29, 0.717) is 5.92 Å². The number of para-hydroxylation sites is 2. The van der Waals surface area contributed by atoms with Crippen LogP contribution in [-0.2, 0) is 19.5 Å². The van der Waals surface area contributed by atoms with Crippen molar-refractivity contribution in [3.8, 4) is 0 Å². The summed E-state index contributed by atoms with van der Waals surface area (Å²) in [6, 6.07) is 35.7. The van der Waals surface area contributed by atoms with Gasteiger partial charge in [0.1, 0.15) is 0 Å². The second-order valence-electron chi connectivity index (χ2n) is 17.0. The average molecular weight is 675 g/mol. The van der Waals surface area contributed by atoms with Crippen molar-refractivity contribution in [2.75, 3.05) is 9.80 Å². The molecule has 3 aliphatic heterocycles. The first-order valence-corrected chi connectivity index (χ1v) is 19.5. The van der Waals surface area contributed by atoms with Gasteiger partial charge in [0.2, 0.25) is 0 Å². The van der Waals surface area contributed by atoms with Crippen LogP contribution in [0.25, 0.3) is 38.8 Å². The van der Waals surface area contributed by atoms with Gasteiger partial charge < -0.3 is 18.9 Å². The number of nitrogens with zero attached hydrogens (tertiary/aromatic N) is 4. The summed E-state index contributed by atoms with van der Waals surface area (Å²) in [7, 11) is 4.48. The van der Waals surface area contributed by atoms with Crippen molar-refractivity contribution in [2.45, 2.75) is 69.7 Å². The Morgan fingerprint density at radius 2 is 1.50 bits per heavy atom. The van der Waals surface area contributed by atoms with Crippen LogP contribution in [0, 0.1) is 0 Å². The van der Waals surface area contributed by atoms with Crippen molar-refractivity contribution in [3.05, 3.63) is 114 Å². The molecule has 1 fully saturated rings. The Balaban J connectivity index is 1.21. The highest BCUT2D eigenvalue weighted by Crippen LogP contribution is 2.61. The van der Waals surface area contributed by atoms with Crippen molar-refractivity contribution in [2.24, 2.45) is 14.1 Å². The standard InChI is InChI=1S/C47H43BN4/c1-28-13-10-18-38-43(28)32-26-42-35(27-41(32)50(38)5)48-34-16-11-15-33-45(34)52(47(3)24-9-8-23-46(33,47)2)40-20-12-19-39(44(40)48)51(42)29-21-22-37-31(25-29)30-14-6-7-17-36(30)49(37)4/h6-7,10-12,14-22,25-28H,8-9,13,23-24H2,1-5H3. The third-order valence-electron chi connectivity index (χ3n) is 14.7. The van der Waals surface area contributed by atoms with Gasteiger partial charge in [-0.3, -0.25) is 0 Å². The fraction of sp³-hybridized carbons (Fsp3) is 0.277. The molecule has 0 saturated heterocycles. The van der Waals surface area contributed by atoms with Crippen LogP contribution in [0.5, 0.6) is 0 Å². The molecular weight excluding hydrogens is 631 g/mol. The van der Waals surface area contributed by atoms with E-state index in [0.717, 1.165) is 6.42 Å². The van der Waals surface area contributed by atoms with E-state index >= 15 is 0 Å². The van der Waals surface area contributed by atoms with Gasteiger partial charge in [0.25, 0.3) is 6.71 Å². The van der Waals surface area contributed by atoms with Gasteiger partial charge in [-0.15, -0.1) is 0 Å². The van der Waals surface area contributed by atoms with Crippen LogP contribution in [0.4, 0.5) is 28.4 Å². The molecule has 0 bridgehead atoms. The van der Waals surface area contributed by atoms with E-state index in [1.165, 1.54) is 114 Å². The molecule has 2 aliphatic carbocycles. The maximum atomic E-state index is 2.83. The largest absolute Gasteiger partial charge is 0.344 e. The predicted molar refractivity (Wildman–Crippen MR) is 221 cm³/mol. The lowest BCUT2D eigenvalue weighted by molar-refractivity contribution is 0.195. The van der Waals surface area contributed by atoms with Gasteiger partial charge in [-0.2, -0.15) is 0 Å². The van der Waals surface area contributed by atoms with Crippen LogP contribution >= 0.6 is 0 Å². The maximum absolute atomic E-state index is 2.83. The van der Waals surface area contributed by atoms with E-state index in [1.54, 1.807) is 5.56 Å². The Kier molecular flexibility index (Phi) is 5.45. The highest BCUT2D eigenvalue weighted by molar-refractivity contribution is 7.00. The maximum Gasteiger partial charge on any atom is 0.252 e. The summed E-state index contributed by atoms with van der Waals surface area (Å²) in [5.41, 5.74) is 19.5. The first-order chi connectivity index (χ1) is 25.3. The number of aromatic nitrogens is 2. The van der Waals surface area contributed by atoms with Crippen molar-refractivity contribution in [1.82, 2.24) is 9.13 Å². The molecule has 0 amide bonds. The number of hydrogen-bond donors (Lipinski definition) is 0. The lowest BCUT2D eigenvalue weighted by Gasteiger charge is -2.52. The first kappa shape index (κ1) is 29.4. The summed E-state index contributed by atoms with van der Waals surface area (Å²) >= 11 is 0. The minimum Gasteiger partial charge on any atom is -0.344 e. The minimum atomic E-state index is 0.0281. The molecule has 1 saturated carbocycles. The summed E-state index contributed by atoms with van der Waals surface area (Å²) in [5, 5.41) is 4.01. The van der Waals surface area contributed by atoms with Gasteiger partial charge >= 0.3 is 0 Å². The Morgan fingerprint density at radius 3 is 2.40 bits per heavy atom. The van der Waals surface area contributed by atoms with Crippen LogP contribution in [0.1, 0.15) is 75.6 Å². The SMILES string of the molecule is CC1CC=Cc2c1c1cc3c(cc1n2C)B1c2cccc4c2N(c2cccc(c21)N3c1ccc2c(c1)c1ccccc1n2C)C1(C)CCCCC41C. The summed E-state index contributed by atoms with van der Waals surface area (Å²) in [6.45, 7) is 7.70. The zero-order chi connectivity index (χ0) is 34.8. The number of allylic oxidation sites excluding steroid dienone is 1. The number of anilines is 5. The fourth-order valence-electron chi connectivity index (χ4n) is 12.0. The van der Waals surface area contributed by atoms with Crippen LogP contribution in [-0.4, -0.2) is 21.4 Å². The molecule has 12 rings (SSSR count). The smallest absolute Gasteiger partial charge is 0.252 e. The summed E-state index contributed by atoms with van der Waals surface area (Å²) in [4.78, 5) is 5.46. The zero-order valence-corrected chi connectivity index (χ0v) is 30.8. The zero-order valence-electron chi connectivity index (χ0n) is 30.8. The molecule has 5 aliphatic rings. The van der Waals surface area contributed by atoms with E-state index in [2.05, 4.69) is 157 Å². The van der Waals surface area contributed by atoms with Crippen molar-refractivity contribution < 1.29 is 0 Å². The van der Waals surface area contributed by atoms with Crippen molar-refractivity contribution in [1.29, 1.82) is 0 Å². The molecule has 3 atom stereocenters. The molecule has 4 nitrogen and oxygen atoms in total. The van der Waals surface area contributed by atoms with Gasteiger partial charge in [0, 0.05) is 86.3 Å². The molecule has 5 aromatic carbocycles. The fourth-order valence-corrected chi connectivity index (χ4v) is 12.0. The van der Waals surface area contributed by atoms with Crippen LogP contribution in [0.3, 0.4) is 0 Å². The predicted octanol–water partition coefficient (Wildman–Crippen LogP) is 9.70. The normalized spacial score (nSPS) is 23.6. The number of rotatable bonds is 1. The highest BCUT2D eigenvalue weighted by Gasteiger charge is 2.61. The second kappa shape index (κ2) is 9.63. The average Bonchev–Trinajstić information content (AvgIpc) is 3.70. The molecule has 3 unspecified atom stereocenters. The van der Waals surface area contributed by atoms with Crippen LogP contribution in [0.2, 0.25) is 0 Å². The molecular formula is C47H43BN4. The van der Waals surface area contributed by atoms with E-state index in [4.69, 9.17) is 0 Å². The third kappa shape index (κ3) is 3.25. The van der Waals surface area contributed by atoms with Crippen molar-refractivity contribution in [3.63, 3.8) is 0 Å². The molecule has 254 valence electrons. The molecule has 0 N–H and O–H groups in total. The monoisotopic (exact) mass is 674 g/mol. The third-order valence-corrected chi connectivity index (χ3v) is 14.7. The van der Waals surface area contributed by atoms with Crippen molar-refractivity contribution >= 4 is 90.3 Å². The summed E-state index contributed by atoms with van der Waals surface area (Å²) in [5.74, 6) is 0.482. The Morgan fingerprint density at radius 1 is 0.692 bits per heavy atom. The number of hydrogen-bond acceptors (Lipinski definition) is 2. The first-order valence-electron chi connectivity index (χ1n) is 19.5. The highest BCUT2D eigenvalue weighted by atomic mass is 15.3. The number of fused-ring (bicyclic) bond motifs is 13. The summed E-state index contributed by atoms with van der Waals surface area (Å²) < 4.78 is 4.81. The number of benzene rings is 5. The molecule has 7 aromatic rings. The lowest BCUT2D eigenvalue weighted by Crippen LogP contribution is -2.64. The Labute approximate surface area is 306 Å². The van der Waals surface area contributed by atoms with Gasteiger partial charge in [-0.25, -0.2) is 0 Å². The van der Waals surface area contributed by atoms with E-state index in [1.807, 2.05) is 0 Å². The molecule has 52 heavy (non-hydrogen) atoms. The topological polar surface area (TPSA) is 16.3 Å². The van der Waals surface area contributed by atoms with Gasteiger partial charge in [0.05, 0.1) is 5.54 Å². The van der Waals surface area contributed by atoms with Gasteiger partial charge in [-0.05, 0) is 114 Å². The molecule has 2 aromatic heterocycles. The van der Waals surface area contributed by atoms with Gasteiger partial charge in [0.15, 0.2) is 0 Å². The Bertz CT molecular complexity index is 2780. The van der Waals surface area contributed by atoms with E-state index in [-0.39, 0.29) is 17.7 Å². The molecule has 5 heterocycles. The van der Waals surface area contributed by atoms with E-state index in [9.17, 15) is 0 Å². The second-order valence-corrected chi connectivity index (χ2v) is 17.0. The van der Waals surface area contributed by atoms with E-state index < -0.39 is 0 Å². The molecule has 5 heteroatoms. The van der Waals surface area contributed by atoms with Crippen LogP contribution in [0.15, 0.2) is 97.1 Å². The van der Waals surface area contributed by atoms with Crippen LogP contribution < -0.4 is 26.2 Å². The van der Waals surface area contributed by atoms with Gasteiger partial charge in [-0.1, -0.05) is 75.2 Å². The Hall–Kier alpha value is -5.16. The minimum absolute atomic E-state index is 0.0281. The number of aryl methyl sites for hydroxylation is 2. The molecule has 0 radical (unpaired) electrons. The molecule has 0 spiro atoms. The quantitative estimate of drug-likeness (QED) is 0.161.